The molecule has 27 heavy (non-hydrogen) atoms. The van der Waals surface area contributed by atoms with Crippen molar-refractivity contribution in [2.24, 2.45) is 5.92 Å². The molecule has 2 saturated heterocycles. The summed E-state index contributed by atoms with van der Waals surface area (Å²) < 4.78 is 5.13. The smallest absolute Gasteiger partial charge is 0.309 e. The van der Waals surface area contributed by atoms with Gasteiger partial charge in [-0.1, -0.05) is 18.2 Å². The topological polar surface area (TPSA) is 53.1 Å². The van der Waals surface area contributed by atoms with Crippen molar-refractivity contribution in [3.63, 3.8) is 0 Å². The van der Waals surface area contributed by atoms with E-state index in [0.717, 1.165) is 52.1 Å². The lowest BCUT2D eigenvalue weighted by Crippen LogP contribution is -2.55. The number of nitrogens with zero attached hydrogens (tertiary/aromatic N) is 3. The summed E-state index contributed by atoms with van der Waals surface area (Å²) in [5.41, 5.74) is 1.22. The predicted molar refractivity (Wildman–Crippen MR) is 106 cm³/mol. The number of carbonyl (C=O) groups is 2. The fraction of sp³-hybridized carbons (Fsp3) is 0.619. The molecule has 1 amide bonds. The largest absolute Gasteiger partial charge is 0.466 e. The Balaban J connectivity index is 1.47. The van der Waals surface area contributed by atoms with E-state index < -0.39 is 0 Å². The van der Waals surface area contributed by atoms with Gasteiger partial charge in [-0.25, -0.2) is 0 Å². The van der Waals surface area contributed by atoms with Crippen LogP contribution in [0.4, 0.5) is 5.69 Å². The Morgan fingerprint density at radius 2 is 1.67 bits per heavy atom. The maximum absolute atomic E-state index is 12.9. The lowest BCUT2D eigenvalue weighted by molar-refractivity contribution is -0.150. The summed E-state index contributed by atoms with van der Waals surface area (Å²) in [6.07, 6.45) is 1.55. The van der Waals surface area contributed by atoms with Crippen molar-refractivity contribution in [3.05, 3.63) is 30.3 Å². The molecule has 1 atom stereocenters. The van der Waals surface area contributed by atoms with Crippen LogP contribution in [0.1, 0.15) is 26.7 Å². The van der Waals surface area contributed by atoms with Crippen LogP contribution in [0, 0.1) is 5.92 Å². The van der Waals surface area contributed by atoms with Gasteiger partial charge in [-0.3, -0.25) is 14.5 Å². The molecule has 1 aromatic carbocycles. The minimum Gasteiger partial charge on any atom is -0.466 e. The maximum Gasteiger partial charge on any atom is 0.309 e. The predicted octanol–water partition coefficient (Wildman–Crippen LogP) is 2.00. The number of piperazine rings is 1. The first-order chi connectivity index (χ1) is 13.1. The van der Waals surface area contributed by atoms with Gasteiger partial charge in [0.15, 0.2) is 0 Å². The second-order valence-electron chi connectivity index (χ2n) is 7.39. The average Bonchev–Trinajstić information content (AvgIpc) is 2.74. The minimum atomic E-state index is -0.128. The molecule has 0 saturated carbocycles. The van der Waals surface area contributed by atoms with Crippen molar-refractivity contribution in [1.82, 2.24) is 9.80 Å². The fourth-order valence-electron chi connectivity index (χ4n) is 4.03. The molecular formula is C21H31N3O3. The highest BCUT2D eigenvalue weighted by atomic mass is 16.5. The molecule has 3 rings (SSSR count). The van der Waals surface area contributed by atoms with E-state index in [1.165, 1.54) is 5.69 Å². The lowest BCUT2D eigenvalue weighted by Gasteiger charge is -2.40. The van der Waals surface area contributed by atoms with E-state index >= 15 is 0 Å². The van der Waals surface area contributed by atoms with Gasteiger partial charge >= 0.3 is 5.97 Å². The highest BCUT2D eigenvalue weighted by Gasteiger charge is 2.33. The highest BCUT2D eigenvalue weighted by Crippen LogP contribution is 2.22. The first kappa shape index (κ1) is 19.7. The number of hydrogen-bond donors (Lipinski definition) is 0. The van der Waals surface area contributed by atoms with Crippen LogP contribution in [0.25, 0.3) is 0 Å². The van der Waals surface area contributed by atoms with Crippen LogP contribution in [0.15, 0.2) is 30.3 Å². The summed E-state index contributed by atoms with van der Waals surface area (Å²) >= 11 is 0. The average molecular weight is 373 g/mol. The molecule has 0 bridgehead atoms. The second kappa shape index (κ2) is 9.22. The van der Waals surface area contributed by atoms with Gasteiger partial charge in [-0.05, 0) is 51.9 Å². The van der Waals surface area contributed by atoms with Crippen molar-refractivity contribution < 1.29 is 14.3 Å². The molecule has 1 aromatic rings. The third-order valence-electron chi connectivity index (χ3n) is 5.77. The Labute approximate surface area is 162 Å². The molecule has 2 fully saturated rings. The molecular weight excluding hydrogens is 342 g/mol. The van der Waals surface area contributed by atoms with Gasteiger partial charge in [-0.2, -0.15) is 0 Å². The van der Waals surface area contributed by atoms with Gasteiger partial charge in [-0.15, -0.1) is 0 Å². The van der Waals surface area contributed by atoms with Gasteiger partial charge in [0.25, 0.3) is 0 Å². The monoisotopic (exact) mass is 373 g/mol. The summed E-state index contributed by atoms with van der Waals surface area (Å²) in [6, 6.07) is 10.2. The van der Waals surface area contributed by atoms with E-state index in [4.69, 9.17) is 4.74 Å². The number of esters is 1. The molecule has 0 spiro atoms. The summed E-state index contributed by atoms with van der Waals surface area (Å²) in [6.45, 7) is 9.08. The number of piperidine rings is 1. The number of ether oxygens (including phenoxy) is 1. The number of amides is 1. The SMILES string of the molecule is CCOC(=O)C1CCN(C(C)C(=O)N2CCN(c3ccccc3)CC2)CC1. The van der Waals surface area contributed by atoms with Crippen molar-refractivity contribution in [2.45, 2.75) is 32.7 Å². The molecule has 0 aromatic heterocycles. The zero-order chi connectivity index (χ0) is 19.2. The van der Waals surface area contributed by atoms with E-state index in [9.17, 15) is 9.59 Å². The zero-order valence-corrected chi connectivity index (χ0v) is 16.5. The molecule has 6 heteroatoms. The number of benzene rings is 1. The van der Waals surface area contributed by atoms with Crippen LogP contribution in [0.2, 0.25) is 0 Å². The van der Waals surface area contributed by atoms with Gasteiger partial charge in [0.05, 0.1) is 18.6 Å². The molecule has 0 radical (unpaired) electrons. The van der Waals surface area contributed by atoms with E-state index in [1.54, 1.807) is 0 Å². The summed E-state index contributed by atoms with van der Waals surface area (Å²) in [7, 11) is 0. The number of anilines is 1. The Morgan fingerprint density at radius 3 is 2.26 bits per heavy atom. The van der Waals surface area contributed by atoms with Crippen LogP contribution < -0.4 is 4.90 Å². The van der Waals surface area contributed by atoms with E-state index in [-0.39, 0.29) is 23.8 Å². The molecule has 2 aliphatic rings. The first-order valence-electron chi connectivity index (χ1n) is 10.1. The van der Waals surface area contributed by atoms with Crippen LogP contribution in [-0.4, -0.2) is 73.6 Å². The molecule has 2 heterocycles. The Morgan fingerprint density at radius 1 is 1.04 bits per heavy atom. The number of hydrogen-bond acceptors (Lipinski definition) is 5. The van der Waals surface area contributed by atoms with Crippen LogP contribution >= 0.6 is 0 Å². The normalized spacial score (nSPS) is 20.4. The van der Waals surface area contributed by atoms with Crippen molar-refractivity contribution >= 4 is 17.6 Å². The van der Waals surface area contributed by atoms with Gasteiger partial charge in [0.2, 0.25) is 5.91 Å². The molecule has 6 nitrogen and oxygen atoms in total. The highest BCUT2D eigenvalue weighted by molar-refractivity contribution is 5.82. The molecule has 0 N–H and O–H groups in total. The Bertz CT molecular complexity index is 621. The summed E-state index contributed by atoms with van der Waals surface area (Å²) in [5, 5.41) is 0. The third-order valence-corrected chi connectivity index (χ3v) is 5.77. The fourth-order valence-corrected chi connectivity index (χ4v) is 4.03. The first-order valence-corrected chi connectivity index (χ1v) is 10.1. The van der Waals surface area contributed by atoms with Crippen molar-refractivity contribution in [1.29, 1.82) is 0 Å². The number of likely N-dealkylation sites (tertiary alicyclic amines) is 1. The van der Waals surface area contributed by atoms with Crippen LogP contribution in [0.5, 0.6) is 0 Å². The van der Waals surface area contributed by atoms with Crippen LogP contribution in [-0.2, 0) is 14.3 Å². The van der Waals surface area contributed by atoms with E-state index in [0.29, 0.717) is 6.61 Å². The van der Waals surface area contributed by atoms with Crippen LogP contribution in [0.3, 0.4) is 0 Å². The quantitative estimate of drug-likeness (QED) is 0.739. The maximum atomic E-state index is 12.9. The molecule has 148 valence electrons. The minimum absolute atomic E-state index is 0.0158. The third kappa shape index (κ3) is 4.80. The summed E-state index contributed by atoms with van der Waals surface area (Å²) in [4.78, 5) is 31.3. The standard InChI is InChI=1S/C21H31N3O3/c1-3-27-21(26)18-9-11-22(12-10-18)17(2)20(25)24-15-13-23(14-16-24)19-7-5-4-6-8-19/h4-8,17-18H,3,9-16H2,1-2H3. The summed E-state index contributed by atoms with van der Waals surface area (Å²) in [5.74, 6) is 0.100. The number of para-hydroxylation sites is 1. The van der Waals surface area contributed by atoms with E-state index in [2.05, 4.69) is 34.1 Å². The van der Waals surface area contributed by atoms with E-state index in [1.807, 2.05) is 24.8 Å². The number of carbonyl (C=O) groups excluding carboxylic acids is 2. The van der Waals surface area contributed by atoms with Crippen molar-refractivity contribution in [3.8, 4) is 0 Å². The molecule has 0 aliphatic carbocycles. The van der Waals surface area contributed by atoms with Gasteiger partial charge < -0.3 is 14.5 Å². The molecule has 2 aliphatic heterocycles. The molecule has 1 unspecified atom stereocenters. The second-order valence-corrected chi connectivity index (χ2v) is 7.39. The Kier molecular flexibility index (Phi) is 6.72. The number of rotatable bonds is 5. The van der Waals surface area contributed by atoms with Crippen molar-refractivity contribution in [2.75, 3.05) is 50.8 Å². The Hall–Kier alpha value is -2.08. The lowest BCUT2D eigenvalue weighted by atomic mass is 9.96. The van der Waals surface area contributed by atoms with Gasteiger partial charge in [0, 0.05) is 31.9 Å². The van der Waals surface area contributed by atoms with Gasteiger partial charge in [0.1, 0.15) is 0 Å². The zero-order valence-electron chi connectivity index (χ0n) is 16.5.